The average molecular weight is 251 g/mol. The zero-order chi connectivity index (χ0) is 13.0. The quantitative estimate of drug-likeness (QED) is 0.817. The van der Waals surface area contributed by atoms with Gasteiger partial charge in [-0.15, -0.1) is 0 Å². The molecule has 0 aromatic heterocycles. The van der Waals surface area contributed by atoms with Gasteiger partial charge >= 0.3 is 0 Å². The number of carbonyl (C=O) groups is 1. The van der Waals surface area contributed by atoms with Gasteiger partial charge in [-0.1, -0.05) is 6.07 Å². The molecule has 1 heterocycles. The Morgan fingerprint density at radius 3 is 2.44 bits per heavy atom. The van der Waals surface area contributed by atoms with Crippen LogP contribution in [0.4, 0.5) is 0 Å². The molecule has 5 nitrogen and oxygen atoms in total. The fourth-order valence-corrected chi connectivity index (χ4v) is 1.98. The van der Waals surface area contributed by atoms with Crippen LogP contribution in [-0.4, -0.2) is 44.9 Å². The fraction of sp³-hybridized carbons (Fsp3) is 0.462. The van der Waals surface area contributed by atoms with Crippen LogP contribution in [0.25, 0.3) is 0 Å². The maximum absolute atomic E-state index is 12.4. The predicted molar refractivity (Wildman–Crippen MR) is 66.0 cm³/mol. The molecule has 1 fully saturated rings. The van der Waals surface area contributed by atoms with E-state index in [2.05, 4.69) is 0 Å². The van der Waals surface area contributed by atoms with Crippen molar-refractivity contribution in [3.8, 4) is 11.5 Å². The fourth-order valence-electron chi connectivity index (χ4n) is 1.98. The molecular formula is C13H17NO4. The summed E-state index contributed by atoms with van der Waals surface area (Å²) < 4.78 is 15.8. The van der Waals surface area contributed by atoms with Crippen molar-refractivity contribution in [1.29, 1.82) is 0 Å². The first-order chi connectivity index (χ1) is 8.77. The first-order valence-electron chi connectivity index (χ1n) is 5.86. The van der Waals surface area contributed by atoms with E-state index in [1.54, 1.807) is 23.1 Å². The summed E-state index contributed by atoms with van der Waals surface area (Å²) in [6.07, 6.45) is 0.850. The summed E-state index contributed by atoms with van der Waals surface area (Å²) in [7, 11) is 3.08. The molecule has 0 spiro atoms. The van der Waals surface area contributed by atoms with Crippen molar-refractivity contribution >= 4 is 5.91 Å². The van der Waals surface area contributed by atoms with E-state index in [1.807, 2.05) is 0 Å². The van der Waals surface area contributed by atoms with E-state index in [1.165, 1.54) is 14.2 Å². The third-order valence-corrected chi connectivity index (χ3v) is 2.89. The average Bonchev–Trinajstić information content (AvgIpc) is 2.46. The number of carbonyl (C=O) groups excluding carboxylic acids is 1. The van der Waals surface area contributed by atoms with Gasteiger partial charge in [-0.25, -0.2) is 0 Å². The van der Waals surface area contributed by atoms with Crippen LogP contribution >= 0.6 is 0 Å². The monoisotopic (exact) mass is 251 g/mol. The lowest BCUT2D eigenvalue weighted by Crippen LogP contribution is -2.38. The van der Waals surface area contributed by atoms with E-state index in [0.29, 0.717) is 36.9 Å². The third-order valence-electron chi connectivity index (χ3n) is 2.89. The molecule has 18 heavy (non-hydrogen) atoms. The SMILES string of the molecule is COc1cccc(OC)c1C(=O)N1CCCOC1. The van der Waals surface area contributed by atoms with E-state index >= 15 is 0 Å². The van der Waals surface area contributed by atoms with Gasteiger partial charge in [-0.05, 0) is 18.6 Å². The summed E-state index contributed by atoms with van der Waals surface area (Å²) in [5.41, 5.74) is 0.452. The van der Waals surface area contributed by atoms with E-state index < -0.39 is 0 Å². The lowest BCUT2D eigenvalue weighted by atomic mass is 10.1. The first kappa shape index (κ1) is 12.7. The summed E-state index contributed by atoms with van der Waals surface area (Å²) in [4.78, 5) is 14.1. The Hall–Kier alpha value is -1.75. The second-order valence-electron chi connectivity index (χ2n) is 4.00. The highest BCUT2D eigenvalue weighted by atomic mass is 16.5. The van der Waals surface area contributed by atoms with Crippen molar-refractivity contribution in [1.82, 2.24) is 4.90 Å². The van der Waals surface area contributed by atoms with Crippen molar-refractivity contribution in [3.05, 3.63) is 23.8 Å². The van der Waals surface area contributed by atoms with Crippen LogP contribution in [0.1, 0.15) is 16.8 Å². The van der Waals surface area contributed by atoms with E-state index in [9.17, 15) is 4.79 Å². The van der Waals surface area contributed by atoms with Crippen LogP contribution in [0.5, 0.6) is 11.5 Å². The van der Waals surface area contributed by atoms with Crippen molar-refractivity contribution in [2.75, 3.05) is 34.1 Å². The van der Waals surface area contributed by atoms with Crippen molar-refractivity contribution in [3.63, 3.8) is 0 Å². The molecule has 5 heteroatoms. The van der Waals surface area contributed by atoms with Crippen LogP contribution in [0.3, 0.4) is 0 Å². The Kier molecular flexibility index (Phi) is 4.04. The molecule has 0 N–H and O–H groups in total. The second-order valence-corrected chi connectivity index (χ2v) is 4.00. The largest absolute Gasteiger partial charge is 0.496 e. The minimum Gasteiger partial charge on any atom is -0.496 e. The standard InChI is InChI=1S/C13H17NO4/c1-16-10-5-3-6-11(17-2)12(10)13(15)14-7-4-8-18-9-14/h3,5-6H,4,7-9H2,1-2H3. The molecule has 0 radical (unpaired) electrons. The van der Waals surface area contributed by atoms with Gasteiger partial charge in [0.25, 0.3) is 5.91 Å². The molecule has 1 saturated heterocycles. The number of rotatable bonds is 3. The summed E-state index contributed by atoms with van der Waals surface area (Å²) in [6.45, 7) is 1.72. The molecule has 1 aromatic rings. The van der Waals surface area contributed by atoms with E-state index in [0.717, 1.165) is 6.42 Å². The molecule has 0 bridgehead atoms. The topological polar surface area (TPSA) is 48.0 Å². The van der Waals surface area contributed by atoms with Gasteiger partial charge in [0.15, 0.2) is 0 Å². The number of benzene rings is 1. The Balaban J connectivity index is 2.32. The van der Waals surface area contributed by atoms with Crippen molar-refractivity contribution in [2.45, 2.75) is 6.42 Å². The Labute approximate surface area is 106 Å². The molecule has 1 aliphatic rings. The predicted octanol–water partition coefficient (Wildman–Crippen LogP) is 1.52. The second kappa shape index (κ2) is 5.73. The number of nitrogens with zero attached hydrogens (tertiary/aromatic N) is 1. The first-order valence-corrected chi connectivity index (χ1v) is 5.86. The number of amides is 1. The third kappa shape index (κ3) is 2.41. The molecule has 0 unspecified atom stereocenters. The minimum absolute atomic E-state index is 0.121. The van der Waals surface area contributed by atoms with Gasteiger partial charge in [0, 0.05) is 6.54 Å². The molecule has 0 saturated carbocycles. The van der Waals surface area contributed by atoms with Crippen LogP contribution < -0.4 is 9.47 Å². The van der Waals surface area contributed by atoms with Gasteiger partial charge < -0.3 is 19.1 Å². The van der Waals surface area contributed by atoms with Crippen LogP contribution in [0.2, 0.25) is 0 Å². The molecule has 2 rings (SSSR count). The highest BCUT2D eigenvalue weighted by molar-refractivity contribution is 5.99. The Morgan fingerprint density at radius 2 is 1.94 bits per heavy atom. The maximum atomic E-state index is 12.4. The molecule has 1 amide bonds. The summed E-state index contributed by atoms with van der Waals surface area (Å²) >= 11 is 0. The smallest absolute Gasteiger partial charge is 0.263 e. The zero-order valence-corrected chi connectivity index (χ0v) is 10.6. The number of hydrogen-bond donors (Lipinski definition) is 0. The van der Waals surface area contributed by atoms with Crippen LogP contribution in [-0.2, 0) is 4.74 Å². The number of hydrogen-bond acceptors (Lipinski definition) is 4. The van der Waals surface area contributed by atoms with Gasteiger partial charge in [-0.2, -0.15) is 0 Å². The van der Waals surface area contributed by atoms with Crippen LogP contribution in [0.15, 0.2) is 18.2 Å². The highest BCUT2D eigenvalue weighted by Gasteiger charge is 2.25. The van der Waals surface area contributed by atoms with Gasteiger partial charge in [0.2, 0.25) is 0 Å². The Bertz CT molecular complexity index is 405. The molecule has 1 aromatic carbocycles. The van der Waals surface area contributed by atoms with Crippen molar-refractivity contribution in [2.24, 2.45) is 0 Å². The lowest BCUT2D eigenvalue weighted by Gasteiger charge is -2.27. The minimum atomic E-state index is -0.121. The lowest BCUT2D eigenvalue weighted by molar-refractivity contribution is -0.00600. The molecule has 1 aliphatic heterocycles. The summed E-state index contributed by atoms with van der Waals surface area (Å²) in [6, 6.07) is 5.29. The highest BCUT2D eigenvalue weighted by Crippen LogP contribution is 2.29. The maximum Gasteiger partial charge on any atom is 0.263 e. The number of methoxy groups -OCH3 is 2. The molecule has 98 valence electrons. The molecule has 0 atom stereocenters. The van der Waals surface area contributed by atoms with E-state index in [4.69, 9.17) is 14.2 Å². The van der Waals surface area contributed by atoms with Crippen LogP contribution in [0, 0.1) is 0 Å². The van der Waals surface area contributed by atoms with Gasteiger partial charge in [-0.3, -0.25) is 4.79 Å². The van der Waals surface area contributed by atoms with Gasteiger partial charge in [0.1, 0.15) is 23.8 Å². The molecular weight excluding hydrogens is 234 g/mol. The zero-order valence-electron chi connectivity index (χ0n) is 10.6. The van der Waals surface area contributed by atoms with Crippen molar-refractivity contribution < 1.29 is 19.0 Å². The number of ether oxygens (including phenoxy) is 3. The van der Waals surface area contributed by atoms with E-state index in [-0.39, 0.29) is 5.91 Å². The Morgan fingerprint density at radius 1 is 1.28 bits per heavy atom. The summed E-state index contributed by atoms with van der Waals surface area (Å²) in [5, 5.41) is 0. The molecule has 0 aliphatic carbocycles. The normalized spacial score (nSPS) is 15.3. The summed E-state index contributed by atoms with van der Waals surface area (Å²) in [5.74, 6) is 0.916. The van der Waals surface area contributed by atoms with Gasteiger partial charge in [0.05, 0.1) is 20.8 Å².